The summed E-state index contributed by atoms with van der Waals surface area (Å²) in [6, 6.07) is 74.9. The van der Waals surface area contributed by atoms with Crippen LogP contribution in [0.4, 0.5) is 0 Å². The minimum Gasteiger partial charge on any atom is -0.214 e. The van der Waals surface area contributed by atoms with Crippen molar-refractivity contribution in [3.63, 3.8) is 0 Å². The topological polar surface area (TPSA) is 0 Å². The van der Waals surface area contributed by atoms with E-state index in [0.29, 0.717) is 10.5 Å². The van der Waals surface area contributed by atoms with Crippen LogP contribution in [0.2, 0.25) is 0 Å². The third-order valence-corrected chi connectivity index (χ3v) is 8.09. The Labute approximate surface area is 328 Å². The van der Waals surface area contributed by atoms with Crippen LogP contribution in [0, 0.1) is 0 Å². The monoisotopic (exact) mass is 798 g/mol. The van der Waals surface area contributed by atoms with Crippen molar-refractivity contribution in [1.82, 2.24) is 0 Å². The summed E-state index contributed by atoms with van der Waals surface area (Å²) in [5, 5.41) is 0.713. The summed E-state index contributed by atoms with van der Waals surface area (Å²) in [6.45, 7) is 0. The fourth-order valence-electron chi connectivity index (χ4n) is 4.37. The minimum absolute atomic E-state index is 0. The molecule has 0 unspecified atom stereocenters. The molecule has 0 N–H and O–H groups in total. The van der Waals surface area contributed by atoms with Gasteiger partial charge in [0.2, 0.25) is 0 Å². The molecular formula is C42H38Fe4S. The minimum atomic E-state index is 0. The average Bonchev–Trinajstić information content (AvgIpc) is 3.95. The van der Waals surface area contributed by atoms with E-state index in [-0.39, 0.29) is 68.3 Å². The zero-order chi connectivity index (χ0) is 29.6. The molecule has 0 radical (unpaired) electrons. The fraction of sp³-hybridized carbons (Fsp3) is 0.0476. The van der Waals surface area contributed by atoms with Gasteiger partial charge >= 0.3 is 68.3 Å². The van der Waals surface area contributed by atoms with Crippen molar-refractivity contribution in [2.24, 2.45) is 0 Å². The van der Waals surface area contributed by atoms with Gasteiger partial charge in [-0.25, -0.2) is 97.1 Å². The molecular weight excluding hydrogens is 760 g/mol. The summed E-state index contributed by atoms with van der Waals surface area (Å²) in [7, 11) is 0. The van der Waals surface area contributed by atoms with Gasteiger partial charge in [-0.3, -0.25) is 0 Å². The van der Waals surface area contributed by atoms with Crippen LogP contribution in [0.25, 0.3) is 0 Å². The second-order valence-electron chi connectivity index (χ2n) is 9.62. The quantitative estimate of drug-likeness (QED) is 0.119. The van der Waals surface area contributed by atoms with Crippen molar-refractivity contribution in [1.29, 1.82) is 0 Å². The molecule has 8 aromatic rings. The number of hydrogen-bond acceptors (Lipinski definition) is 1. The molecule has 0 saturated heterocycles. The molecule has 5 heteroatoms. The van der Waals surface area contributed by atoms with Gasteiger partial charge < -0.3 is 0 Å². The molecule has 8 aromatic carbocycles. The summed E-state index contributed by atoms with van der Waals surface area (Å²) >= 11 is 2.02. The molecule has 47 heavy (non-hydrogen) atoms. The summed E-state index contributed by atoms with van der Waals surface area (Å²) < 4.78 is 0. The van der Waals surface area contributed by atoms with Gasteiger partial charge in [-0.15, -0.1) is 0 Å². The molecule has 0 aromatic heterocycles. The molecule has 0 fully saturated rings. The van der Waals surface area contributed by atoms with Gasteiger partial charge in [-0.2, -0.15) is 155 Å². The van der Waals surface area contributed by atoms with Crippen molar-refractivity contribution in [2.45, 2.75) is 10.5 Å². The van der Waals surface area contributed by atoms with Crippen LogP contribution in [-0.4, -0.2) is 0 Å². The molecule has 0 aliphatic rings. The van der Waals surface area contributed by atoms with Crippen LogP contribution in [-0.2, 0) is 68.3 Å². The van der Waals surface area contributed by atoms with Crippen LogP contribution >= 0.6 is 11.8 Å². The zero-order valence-electron chi connectivity index (χ0n) is 25.8. The van der Waals surface area contributed by atoms with E-state index in [1.807, 2.05) is 133 Å². The first-order chi connectivity index (χ1) is 21.4. The predicted octanol–water partition coefficient (Wildman–Crippen LogP) is 11.8. The molecule has 0 nitrogen and oxygen atoms in total. The van der Waals surface area contributed by atoms with Crippen molar-refractivity contribution in [3.8, 4) is 0 Å². The summed E-state index contributed by atoms with van der Waals surface area (Å²) in [5.74, 6) is 0. The van der Waals surface area contributed by atoms with E-state index in [1.54, 1.807) is 0 Å². The maximum absolute atomic E-state index is 2.23. The third kappa shape index (κ3) is 17.3. The first-order valence-corrected chi connectivity index (χ1v) is 15.5. The Morgan fingerprint density at radius 2 is 0.447 bits per heavy atom. The molecule has 0 bridgehead atoms. The Balaban J connectivity index is 0.000000717. The van der Waals surface area contributed by atoms with Crippen LogP contribution in [0.1, 0.15) is 32.8 Å². The molecule has 244 valence electrons. The zero-order valence-corrected chi connectivity index (χ0v) is 31.0. The smallest absolute Gasteiger partial charge is 0.214 e. The van der Waals surface area contributed by atoms with Gasteiger partial charge in [-0.1, -0.05) is 0 Å². The average molecular weight is 798 g/mol. The number of thioether (sulfide) groups is 1. The standard InChI is InChI=1S/C22H18S.4C5H5.4Fe/c1-2-10-17(9-1)21(18-11-3-4-12-18)23-22(19-13-5-6-14-19)20-15-7-8-16-20;4*1-2-4-5-3-1;;;;/h1-16,21-22H;4*1-5H;;;;/q-4;4*-1;4*+2. The van der Waals surface area contributed by atoms with E-state index in [0.717, 1.165) is 0 Å². The number of rotatable bonds is 6. The maximum atomic E-state index is 2.23. The fourth-order valence-corrected chi connectivity index (χ4v) is 5.90. The van der Waals surface area contributed by atoms with Gasteiger partial charge in [0.15, 0.2) is 0 Å². The molecule has 0 spiro atoms. The molecule has 0 saturated carbocycles. The van der Waals surface area contributed by atoms with E-state index < -0.39 is 0 Å². The Morgan fingerprint density at radius 3 is 0.574 bits per heavy atom. The Hall–Kier alpha value is -2.77. The first kappa shape index (κ1) is 44.2. The van der Waals surface area contributed by atoms with Gasteiger partial charge in [0.05, 0.1) is 0 Å². The third-order valence-electron chi connectivity index (χ3n) is 6.46. The second kappa shape index (κ2) is 28.3. The van der Waals surface area contributed by atoms with Crippen LogP contribution in [0.3, 0.4) is 0 Å². The molecule has 0 heterocycles. The maximum Gasteiger partial charge on any atom is 2.00 e. The summed E-state index contributed by atoms with van der Waals surface area (Å²) in [4.78, 5) is 0. The molecule has 8 rings (SSSR count). The molecule has 0 amide bonds. The Kier molecular flexibility index (Phi) is 26.6. The van der Waals surface area contributed by atoms with Gasteiger partial charge in [0, 0.05) is 0 Å². The predicted molar refractivity (Wildman–Crippen MR) is 188 cm³/mol. The van der Waals surface area contributed by atoms with E-state index in [9.17, 15) is 0 Å². The normalized spacial score (nSPS) is 9.06. The Morgan fingerprint density at radius 1 is 0.277 bits per heavy atom. The molecule has 0 aliphatic heterocycles. The van der Waals surface area contributed by atoms with Gasteiger partial charge in [-0.05, 0) is 10.5 Å². The van der Waals surface area contributed by atoms with E-state index >= 15 is 0 Å². The van der Waals surface area contributed by atoms with Crippen molar-refractivity contribution in [3.05, 3.63) is 241 Å². The molecule has 0 aliphatic carbocycles. The van der Waals surface area contributed by atoms with E-state index in [1.165, 1.54) is 22.3 Å². The van der Waals surface area contributed by atoms with Crippen molar-refractivity contribution >= 4 is 11.8 Å². The van der Waals surface area contributed by atoms with E-state index in [2.05, 4.69) is 97.1 Å². The second-order valence-corrected chi connectivity index (χ2v) is 10.8. The van der Waals surface area contributed by atoms with Crippen LogP contribution in [0.5, 0.6) is 0 Å². The molecule has 0 atom stereocenters. The summed E-state index contributed by atoms with van der Waals surface area (Å²) in [5.41, 5.74) is 5.52. The van der Waals surface area contributed by atoms with E-state index in [4.69, 9.17) is 0 Å². The largest absolute Gasteiger partial charge is 2.00 e. The SMILES string of the molecule is [Fe+2].[Fe+2].[Fe+2].[Fe+2].c1cc[c-](C(SC([c-]2cccc2)[c-]2cccc2)[c-]2cccc2)c1.c1cc[cH-]c1.c1cc[cH-]c1.c1cc[cH-]c1.c1cc[cH-]c1. The summed E-state index contributed by atoms with van der Waals surface area (Å²) in [6.07, 6.45) is 0. The van der Waals surface area contributed by atoms with Gasteiger partial charge in [0.1, 0.15) is 0 Å². The van der Waals surface area contributed by atoms with Crippen molar-refractivity contribution in [2.75, 3.05) is 0 Å². The van der Waals surface area contributed by atoms with Crippen molar-refractivity contribution < 1.29 is 68.3 Å². The number of hydrogen-bond donors (Lipinski definition) is 0. The Bertz CT molecular complexity index is 1240. The van der Waals surface area contributed by atoms with Crippen LogP contribution in [0.15, 0.2) is 218 Å². The van der Waals surface area contributed by atoms with Crippen LogP contribution < -0.4 is 0 Å². The van der Waals surface area contributed by atoms with Gasteiger partial charge in [0.25, 0.3) is 0 Å². The first-order valence-electron chi connectivity index (χ1n) is 14.6.